The number of carbonyl (C=O) groups is 1. The van der Waals surface area contributed by atoms with E-state index in [1.54, 1.807) is 37.7 Å². The monoisotopic (exact) mass is 478 g/mol. The van der Waals surface area contributed by atoms with E-state index in [0.29, 0.717) is 44.3 Å². The van der Waals surface area contributed by atoms with Crippen molar-refractivity contribution >= 4 is 23.4 Å². The second-order valence-electron chi connectivity index (χ2n) is 7.56. The van der Waals surface area contributed by atoms with Crippen molar-refractivity contribution in [3.63, 3.8) is 0 Å². The van der Waals surface area contributed by atoms with Gasteiger partial charge < -0.3 is 14.2 Å². The second-order valence-corrected chi connectivity index (χ2v) is 8.57. The zero-order chi connectivity index (χ0) is 24.2. The van der Waals surface area contributed by atoms with Crippen LogP contribution in [0.2, 0.25) is 0 Å². The highest BCUT2D eigenvalue weighted by Crippen LogP contribution is 2.36. The van der Waals surface area contributed by atoms with Crippen LogP contribution < -0.4 is 24.4 Å². The lowest BCUT2D eigenvalue weighted by Gasteiger charge is -2.25. The minimum atomic E-state index is -0.710. The molecule has 176 valence electrons. The van der Waals surface area contributed by atoms with Crippen LogP contribution in [0.25, 0.3) is 6.08 Å². The summed E-state index contributed by atoms with van der Waals surface area (Å²) in [6, 6.07) is 14.3. The van der Waals surface area contributed by atoms with Crippen LogP contribution in [0.3, 0.4) is 0 Å². The first-order chi connectivity index (χ1) is 16.5. The average Bonchev–Trinajstić information content (AvgIpc) is 3.13. The number of rotatable bonds is 7. The molecule has 0 saturated heterocycles. The molecule has 0 spiro atoms. The number of benzene rings is 2. The second kappa shape index (κ2) is 10.1. The summed E-state index contributed by atoms with van der Waals surface area (Å²) in [5.41, 5.74) is 2.23. The number of esters is 1. The van der Waals surface area contributed by atoms with Crippen molar-refractivity contribution in [3.8, 4) is 11.5 Å². The molecule has 0 bridgehead atoms. The van der Waals surface area contributed by atoms with Crippen LogP contribution in [-0.2, 0) is 9.53 Å². The number of ether oxygens (including phenoxy) is 3. The summed E-state index contributed by atoms with van der Waals surface area (Å²) in [5.74, 6) is 0.603. The number of hydrogen-bond acceptors (Lipinski definition) is 7. The van der Waals surface area contributed by atoms with Gasteiger partial charge in [0.15, 0.2) is 16.3 Å². The third-order valence-corrected chi connectivity index (χ3v) is 6.40. The van der Waals surface area contributed by atoms with Crippen LogP contribution >= 0.6 is 11.3 Å². The molecule has 1 atom stereocenters. The van der Waals surface area contributed by atoms with Crippen molar-refractivity contribution in [1.82, 2.24) is 4.57 Å². The van der Waals surface area contributed by atoms with Gasteiger partial charge in [-0.3, -0.25) is 9.36 Å². The highest BCUT2D eigenvalue weighted by atomic mass is 32.1. The Morgan fingerprint density at radius 2 is 1.88 bits per heavy atom. The maximum Gasteiger partial charge on any atom is 0.338 e. The molecule has 2 heterocycles. The lowest BCUT2D eigenvalue weighted by molar-refractivity contribution is -0.139. The average molecular weight is 479 g/mol. The number of thiazole rings is 1. The Kier molecular flexibility index (Phi) is 6.98. The first-order valence-electron chi connectivity index (χ1n) is 11.0. The molecular formula is C26H26N2O5S. The van der Waals surface area contributed by atoms with Gasteiger partial charge in [-0.25, -0.2) is 9.79 Å². The van der Waals surface area contributed by atoms with Gasteiger partial charge in [0.1, 0.15) is 0 Å². The van der Waals surface area contributed by atoms with Crippen LogP contribution in [0.5, 0.6) is 11.5 Å². The standard InChI is InChI=1S/C26H26N2O5S/c1-5-32-19-13-12-18(15-20(19)31-4)23-22(25(30)33-6-2)16(3)27-26-28(23)24(29)21(34-26)14-17-10-8-7-9-11-17/h7-15,23H,5-6H2,1-4H3/b21-14-. The van der Waals surface area contributed by atoms with Crippen LogP contribution in [0.4, 0.5) is 0 Å². The number of nitrogens with zero attached hydrogens (tertiary/aromatic N) is 2. The molecule has 0 amide bonds. The Hall–Kier alpha value is -3.65. The summed E-state index contributed by atoms with van der Waals surface area (Å²) in [6.07, 6.45) is 1.84. The van der Waals surface area contributed by atoms with Gasteiger partial charge in [-0.2, -0.15) is 0 Å². The van der Waals surface area contributed by atoms with Crippen LogP contribution in [0.15, 0.2) is 69.6 Å². The number of allylic oxidation sites excluding steroid dienone is 1. The van der Waals surface area contributed by atoms with E-state index in [1.807, 2.05) is 49.4 Å². The molecule has 2 aromatic carbocycles. The Labute approximate surface area is 201 Å². The Morgan fingerprint density at radius 1 is 1.12 bits per heavy atom. The molecule has 7 nitrogen and oxygen atoms in total. The normalized spacial score (nSPS) is 15.5. The molecule has 1 unspecified atom stereocenters. The lowest BCUT2D eigenvalue weighted by atomic mass is 9.95. The van der Waals surface area contributed by atoms with Crippen molar-refractivity contribution in [3.05, 3.63) is 90.6 Å². The molecule has 8 heteroatoms. The topological polar surface area (TPSA) is 79.1 Å². The van der Waals surface area contributed by atoms with Crippen molar-refractivity contribution in [2.75, 3.05) is 20.3 Å². The Morgan fingerprint density at radius 3 is 2.56 bits per heavy atom. The third-order valence-electron chi connectivity index (χ3n) is 5.42. The van der Waals surface area contributed by atoms with E-state index < -0.39 is 12.0 Å². The predicted octanol–water partition coefficient (Wildman–Crippen LogP) is 3.21. The van der Waals surface area contributed by atoms with Gasteiger partial charge in [-0.05, 0) is 50.1 Å². The SMILES string of the molecule is CCOC(=O)C1=C(C)N=c2s/c(=C\c3ccccc3)c(=O)n2C1c1ccc(OCC)c(OC)c1. The minimum Gasteiger partial charge on any atom is -0.493 e. The molecule has 1 aromatic heterocycles. The molecule has 34 heavy (non-hydrogen) atoms. The molecule has 0 aliphatic carbocycles. The van der Waals surface area contributed by atoms with Gasteiger partial charge in [-0.1, -0.05) is 47.7 Å². The molecule has 1 aliphatic rings. The summed E-state index contributed by atoms with van der Waals surface area (Å²) in [5, 5.41) is 0. The van der Waals surface area contributed by atoms with E-state index in [9.17, 15) is 9.59 Å². The third kappa shape index (κ3) is 4.41. The smallest absolute Gasteiger partial charge is 0.338 e. The molecule has 0 N–H and O–H groups in total. The molecular weight excluding hydrogens is 452 g/mol. The first-order valence-corrected chi connectivity index (χ1v) is 11.9. The first kappa shape index (κ1) is 23.5. The van der Waals surface area contributed by atoms with E-state index in [4.69, 9.17) is 14.2 Å². The summed E-state index contributed by atoms with van der Waals surface area (Å²) in [7, 11) is 1.56. The van der Waals surface area contributed by atoms with E-state index in [-0.39, 0.29) is 12.2 Å². The molecule has 4 rings (SSSR count). The Bertz CT molecular complexity index is 1420. The van der Waals surface area contributed by atoms with Gasteiger partial charge in [0, 0.05) is 0 Å². The number of hydrogen-bond donors (Lipinski definition) is 0. The van der Waals surface area contributed by atoms with Gasteiger partial charge >= 0.3 is 5.97 Å². The van der Waals surface area contributed by atoms with Gasteiger partial charge in [0.2, 0.25) is 0 Å². The molecule has 0 fully saturated rings. The fraction of sp³-hybridized carbons (Fsp3) is 0.269. The number of carbonyl (C=O) groups excluding carboxylic acids is 1. The molecule has 0 saturated carbocycles. The zero-order valence-corrected chi connectivity index (χ0v) is 20.3. The van der Waals surface area contributed by atoms with Crippen molar-refractivity contribution in [1.29, 1.82) is 0 Å². The number of aromatic nitrogens is 1. The van der Waals surface area contributed by atoms with Crippen molar-refractivity contribution in [2.24, 2.45) is 4.99 Å². The highest BCUT2D eigenvalue weighted by Gasteiger charge is 2.33. The summed E-state index contributed by atoms with van der Waals surface area (Å²) in [6.45, 7) is 6.10. The number of methoxy groups -OCH3 is 1. The van der Waals surface area contributed by atoms with E-state index in [1.165, 1.54) is 11.3 Å². The van der Waals surface area contributed by atoms with Crippen LogP contribution in [0, 0.1) is 0 Å². The lowest BCUT2D eigenvalue weighted by Crippen LogP contribution is -2.40. The quantitative estimate of drug-likeness (QED) is 0.488. The van der Waals surface area contributed by atoms with Gasteiger partial charge in [0.25, 0.3) is 5.56 Å². The maximum atomic E-state index is 13.6. The predicted molar refractivity (Wildman–Crippen MR) is 131 cm³/mol. The zero-order valence-electron chi connectivity index (χ0n) is 19.5. The van der Waals surface area contributed by atoms with Crippen molar-refractivity contribution < 1.29 is 19.0 Å². The van der Waals surface area contributed by atoms with Crippen molar-refractivity contribution in [2.45, 2.75) is 26.8 Å². The fourth-order valence-electron chi connectivity index (χ4n) is 3.94. The molecule has 1 aliphatic heterocycles. The maximum absolute atomic E-state index is 13.6. The largest absolute Gasteiger partial charge is 0.493 e. The summed E-state index contributed by atoms with van der Waals surface area (Å²) >= 11 is 1.29. The fourth-order valence-corrected chi connectivity index (χ4v) is 4.98. The minimum absolute atomic E-state index is 0.216. The van der Waals surface area contributed by atoms with Crippen LogP contribution in [0.1, 0.15) is 37.9 Å². The van der Waals surface area contributed by atoms with Gasteiger partial charge in [0.05, 0.1) is 42.2 Å². The summed E-state index contributed by atoms with van der Waals surface area (Å²) < 4.78 is 18.6. The van der Waals surface area contributed by atoms with E-state index >= 15 is 0 Å². The number of fused-ring (bicyclic) bond motifs is 1. The molecule has 0 radical (unpaired) electrons. The Balaban J connectivity index is 1.96. The summed E-state index contributed by atoms with van der Waals surface area (Å²) in [4.78, 5) is 31.8. The highest BCUT2D eigenvalue weighted by molar-refractivity contribution is 7.07. The van der Waals surface area contributed by atoms with E-state index in [0.717, 1.165) is 5.56 Å². The molecule has 3 aromatic rings. The van der Waals surface area contributed by atoms with Gasteiger partial charge in [-0.15, -0.1) is 0 Å². The van der Waals surface area contributed by atoms with E-state index in [2.05, 4.69) is 4.99 Å². The van der Waals surface area contributed by atoms with Crippen LogP contribution in [-0.4, -0.2) is 30.9 Å².